The maximum Gasteiger partial charge on any atom is 0.292 e. The van der Waals surface area contributed by atoms with Crippen LogP contribution in [0, 0.1) is 20.8 Å². The average Bonchev–Trinajstić information content (AvgIpc) is 3.05. The highest BCUT2D eigenvalue weighted by Crippen LogP contribution is 2.22. The molecule has 3 N–H and O–H groups in total. The first-order chi connectivity index (χ1) is 14.3. The van der Waals surface area contributed by atoms with Gasteiger partial charge in [-0.2, -0.15) is 0 Å². The number of pyridine rings is 1. The van der Waals surface area contributed by atoms with E-state index in [-0.39, 0.29) is 12.1 Å². The first-order valence-corrected chi connectivity index (χ1v) is 9.88. The minimum Gasteiger partial charge on any atom is -0.358 e. The second kappa shape index (κ2) is 7.63. The monoisotopic (exact) mass is 401 g/mol. The van der Waals surface area contributed by atoms with Gasteiger partial charge in [0.1, 0.15) is 0 Å². The fourth-order valence-electron chi connectivity index (χ4n) is 3.78. The summed E-state index contributed by atoms with van der Waals surface area (Å²) < 4.78 is 0. The number of benzene rings is 2. The van der Waals surface area contributed by atoms with E-state index in [4.69, 9.17) is 0 Å². The third kappa shape index (κ3) is 3.52. The van der Waals surface area contributed by atoms with Gasteiger partial charge >= 0.3 is 0 Å². The molecular weight excluding hydrogens is 378 g/mol. The lowest BCUT2D eigenvalue weighted by Gasteiger charge is -2.08. The fraction of sp³-hybridized carbons (Fsp3) is 0.208. The summed E-state index contributed by atoms with van der Waals surface area (Å²) in [5, 5.41) is 4.33. The maximum absolute atomic E-state index is 12.7. The van der Waals surface area contributed by atoms with Gasteiger partial charge in [0, 0.05) is 34.2 Å². The van der Waals surface area contributed by atoms with Gasteiger partial charge in [0.15, 0.2) is 0 Å². The Hall–Kier alpha value is -3.67. The number of aromatic amines is 2. The number of aromatic nitrogens is 2. The summed E-state index contributed by atoms with van der Waals surface area (Å²) in [4.78, 5) is 43.5. The third-order valence-corrected chi connectivity index (χ3v) is 5.54. The van der Waals surface area contributed by atoms with E-state index in [2.05, 4.69) is 15.3 Å². The number of H-pyrrole nitrogens is 2. The van der Waals surface area contributed by atoms with E-state index in [0.29, 0.717) is 23.2 Å². The van der Waals surface area contributed by atoms with Gasteiger partial charge in [-0.25, -0.2) is 0 Å². The highest BCUT2D eigenvalue weighted by atomic mass is 16.2. The van der Waals surface area contributed by atoms with Crippen molar-refractivity contribution in [1.82, 2.24) is 15.3 Å². The van der Waals surface area contributed by atoms with Crippen molar-refractivity contribution < 1.29 is 9.59 Å². The molecule has 0 radical (unpaired) electrons. The van der Waals surface area contributed by atoms with Crippen LogP contribution < -0.4 is 10.9 Å². The molecule has 0 unspecified atom stereocenters. The number of nitrogens with one attached hydrogen (secondary N) is 3. The topological polar surface area (TPSA) is 94.8 Å². The summed E-state index contributed by atoms with van der Waals surface area (Å²) in [5.41, 5.74) is 5.31. The SMILES string of the molecule is Cc1cc2cc(CCNC(=O)C(=O)c3c(C)[nH]c4ccccc34)c(=O)[nH]c2cc1C. The van der Waals surface area contributed by atoms with Crippen molar-refractivity contribution in [2.45, 2.75) is 27.2 Å². The van der Waals surface area contributed by atoms with E-state index < -0.39 is 11.7 Å². The van der Waals surface area contributed by atoms with Gasteiger partial charge in [0.25, 0.3) is 17.2 Å². The minimum atomic E-state index is -0.674. The molecule has 2 aromatic heterocycles. The van der Waals surface area contributed by atoms with E-state index >= 15 is 0 Å². The van der Waals surface area contributed by atoms with Gasteiger partial charge in [0.2, 0.25) is 0 Å². The first kappa shape index (κ1) is 19.6. The molecule has 2 aromatic carbocycles. The van der Waals surface area contributed by atoms with Crippen LogP contribution in [0.5, 0.6) is 0 Å². The molecule has 4 aromatic rings. The van der Waals surface area contributed by atoms with Crippen molar-refractivity contribution in [1.29, 1.82) is 0 Å². The van der Waals surface area contributed by atoms with Crippen molar-refractivity contribution >= 4 is 33.5 Å². The van der Waals surface area contributed by atoms with Crippen molar-refractivity contribution in [2.24, 2.45) is 0 Å². The summed E-state index contributed by atoms with van der Waals surface area (Å²) in [7, 11) is 0. The second-order valence-electron chi connectivity index (χ2n) is 7.65. The number of Topliss-reactive ketones (excluding diaryl/α,β-unsaturated/α-hetero) is 1. The standard InChI is InChI=1S/C24H23N3O3/c1-13-10-17-12-16(23(29)27-20(17)11-14(13)2)8-9-25-24(30)22(28)21-15(3)26-19-7-5-4-6-18(19)21/h4-7,10-12,26H,8-9H2,1-3H3,(H,25,30)(H,27,29). The van der Waals surface area contributed by atoms with Crippen LogP contribution in [0.1, 0.15) is 32.7 Å². The predicted octanol–water partition coefficient (Wildman–Crippen LogP) is 3.48. The van der Waals surface area contributed by atoms with Crippen LogP contribution in [0.3, 0.4) is 0 Å². The molecule has 0 saturated heterocycles. The molecule has 0 atom stereocenters. The number of rotatable bonds is 5. The Labute approximate surface area is 173 Å². The third-order valence-electron chi connectivity index (χ3n) is 5.54. The predicted molar refractivity (Wildman–Crippen MR) is 118 cm³/mol. The van der Waals surface area contributed by atoms with Crippen molar-refractivity contribution in [3.8, 4) is 0 Å². The highest BCUT2D eigenvalue weighted by molar-refractivity contribution is 6.45. The number of amides is 1. The Morgan fingerprint density at radius 2 is 1.67 bits per heavy atom. The van der Waals surface area contributed by atoms with Crippen LogP contribution in [0.25, 0.3) is 21.8 Å². The molecule has 6 nitrogen and oxygen atoms in total. The van der Waals surface area contributed by atoms with E-state index in [1.54, 1.807) is 6.92 Å². The first-order valence-electron chi connectivity index (χ1n) is 9.88. The lowest BCUT2D eigenvalue weighted by molar-refractivity contribution is -0.116. The van der Waals surface area contributed by atoms with E-state index in [0.717, 1.165) is 32.9 Å². The number of ketones is 1. The van der Waals surface area contributed by atoms with E-state index in [1.807, 2.05) is 56.3 Å². The Kier molecular flexibility index (Phi) is 4.99. The Balaban J connectivity index is 1.48. The van der Waals surface area contributed by atoms with Crippen LogP contribution >= 0.6 is 0 Å². The molecule has 1 amide bonds. The second-order valence-corrected chi connectivity index (χ2v) is 7.65. The van der Waals surface area contributed by atoms with E-state index in [9.17, 15) is 14.4 Å². The zero-order valence-corrected chi connectivity index (χ0v) is 17.2. The number of carbonyl (C=O) groups excluding carboxylic acids is 2. The van der Waals surface area contributed by atoms with Crippen molar-refractivity contribution in [2.75, 3.05) is 6.54 Å². The molecule has 0 bridgehead atoms. The van der Waals surface area contributed by atoms with Crippen molar-refractivity contribution in [3.63, 3.8) is 0 Å². The fourth-order valence-corrected chi connectivity index (χ4v) is 3.78. The molecule has 152 valence electrons. The molecular formula is C24H23N3O3. The number of carbonyl (C=O) groups is 2. The lowest BCUT2D eigenvalue weighted by atomic mass is 10.0. The highest BCUT2D eigenvalue weighted by Gasteiger charge is 2.22. The quantitative estimate of drug-likeness (QED) is 0.353. The smallest absolute Gasteiger partial charge is 0.292 e. The van der Waals surface area contributed by atoms with Gasteiger partial charge in [-0.05, 0) is 68.0 Å². The molecule has 0 aliphatic carbocycles. The molecule has 0 spiro atoms. The largest absolute Gasteiger partial charge is 0.358 e. The van der Waals surface area contributed by atoms with Crippen LogP contribution in [0.15, 0.2) is 47.3 Å². The normalized spacial score (nSPS) is 11.2. The van der Waals surface area contributed by atoms with Gasteiger partial charge in [-0.15, -0.1) is 0 Å². The summed E-state index contributed by atoms with van der Waals surface area (Å²) in [6.07, 6.45) is 0.337. The lowest BCUT2D eigenvalue weighted by Crippen LogP contribution is -2.33. The average molecular weight is 401 g/mol. The maximum atomic E-state index is 12.7. The molecule has 0 aliphatic heterocycles. The Morgan fingerprint density at radius 1 is 0.933 bits per heavy atom. The molecule has 0 saturated carbocycles. The summed E-state index contributed by atoms with van der Waals surface area (Å²) in [5.74, 6) is -1.25. The van der Waals surface area contributed by atoms with Crippen LogP contribution in [-0.2, 0) is 11.2 Å². The van der Waals surface area contributed by atoms with Gasteiger partial charge in [-0.3, -0.25) is 14.4 Å². The summed E-state index contributed by atoms with van der Waals surface area (Å²) in [6.45, 7) is 6.01. The zero-order chi connectivity index (χ0) is 21.4. The van der Waals surface area contributed by atoms with E-state index in [1.165, 1.54) is 0 Å². The molecule has 0 aliphatic rings. The molecule has 30 heavy (non-hydrogen) atoms. The van der Waals surface area contributed by atoms with Crippen LogP contribution in [-0.4, -0.2) is 28.2 Å². The Morgan fingerprint density at radius 3 is 2.47 bits per heavy atom. The van der Waals surface area contributed by atoms with Crippen LogP contribution in [0.4, 0.5) is 0 Å². The van der Waals surface area contributed by atoms with Crippen LogP contribution in [0.2, 0.25) is 0 Å². The number of para-hydroxylation sites is 1. The summed E-state index contributed by atoms with van der Waals surface area (Å²) in [6, 6.07) is 13.2. The molecule has 6 heteroatoms. The van der Waals surface area contributed by atoms with Gasteiger partial charge < -0.3 is 15.3 Å². The number of fused-ring (bicyclic) bond motifs is 2. The zero-order valence-electron chi connectivity index (χ0n) is 17.2. The van der Waals surface area contributed by atoms with Gasteiger partial charge in [-0.1, -0.05) is 18.2 Å². The molecule has 0 fully saturated rings. The number of hydrogen-bond donors (Lipinski definition) is 3. The number of hydrogen-bond acceptors (Lipinski definition) is 3. The summed E-state index contributed by atoms with van der Waals surface area (Å²) >= 11 is 0. The Bertz CT molecular complexity index is 1360. The molecule has 2 heterocycles. The van der Waals surface area contributed by atoms with Gasteiger partial charge in [0.05, 0.1) is 5.56 Å². The minimum absolute atomic E-state index is 0.182. The van der Waals surface area contributed by atoms with Crippen molar-refractivity contribution in [3.05, 3.63) is 80.8 Å². The number of aryl methyl sites for hydroxylation is 3. The molecule has 4 rings (SSSR count).